The lowest BCUT2D eigenvalue weighted by molar-refractivity contribution is -0.122. The van der Waals surface area contributed by atoms with Gasteiger partial charge in [-0.3, -0.25) is 4.79 Å². The van der Waals surface area contributed by atoms with E-state index < -0.39 is 0 Å². The molecule has 2 aromatic rings. The van der Waals surface area contributed by atoms with Gasteiger partial charge < -0.3 is 19.3 Å². The van der Waals surface area contributed by atoms with Crippen molar-refractivity contribution in [3.8, 4) is 22.8 Å². The number of carbonyl (C=O) groups is 1. The first-order valence-corrected chi connectivity index (χ1v) is 8.90. The van der Waals surface area contributed by atoms with E-state index in [-0.39, 0.29) is 5.91 Å². The molecule has 0 bridgehead atoms. The van der Waals surface area contributed by atoms with Crippen LogP contribution in [0.5, 0.6) is 11.5 Å². The molecule has 1 aromatic carbocycles. The van der Waals surface area contributed by atoms with Crippen LogP contribution in [0.4, 0.5) is 0 Å². The van der Waals surface area contributed by atoms with E-state index in [0.29, 0.717) is 49.3 Å². The molecule has 25 heavy (non-hydrogen) atoms. The van der Waals surface area contributed by atoms with Crippen LogP contribution in [0.15, 0.2) is 28.8 Å². The molecule has 0 unspecified atom stereocenters. The number of carbonyl (C=O) groups excluding carboxylic acids is 1. The smallest absolute Gasteiger partial charge is 0.220 e. The fourth-order valence-electron chi connectivity index (χ4n) is 3.47. The second-order valence-corrected chi connectivity index (χ2v) is 6.67. The molecule has 132 valence electrons. The number of hydrogen-bond donors (Lipinski definition) is 1. The zero-order valence-electron chi connectivity index (χ0n) is 14.1. The van der Waals surface area contributed by atoms with Crippen LogP contribution in [0.25, 0.3) is 11.3 Å². The minimum absolute atomic E-state index is 0.0933. The Morgan fingerprint density at radius 1 is 1.12 bits per heavy atom. The van der Waals surface area contributed by atoms with Gasteiger partial charge in [0.1, 0.15) is 18.9 Å². The molecule has 1 saturated carbocycles. The SMILES string of the molecule is O=C(CC1CCCC1)NCc1cc(-c2ccc3c(c2)OCCO3)on1. The summed E-state index contributed by atoms with van der Waals surface area (Å²) >= 11 is 0. The number of fused-ring (bicyclic) bond motifs is 1. The Bertz CT molecular complexity index is 750. The van der Waals surface area contributed by atoms with E-state index in [0.717, 1.165) is 11.3 Å². The predicted octanol–water partition coefficient (Wildman–Crippen LogP) is 3.31. The van der Waals surface area contributed by atoms with Crippen LogP contribution in [0, 0.1) is 5.92 Å². The van der Waals surface area contributed by atoms with Gasteiger partial charge in [0.15, 0.2) is 17.3 Å². The van der Waals surface area contributed by atoms with E-state index in [2.05, 4.69) is 10.5 Å². The number of benzene rings is 1. The first kappa shape index (κ1) is 16.0. The van der Waals surface area contributed by atoms with Crippen LogP contribution >= 0.6 is 0 Å². The fourth-order valence-corrected chi connectivity index (χ4v) is 3.47. The number of aromatic nitrogens is 1. The molecule has 1 N–H and O–H groups in total. The van der Waals surface area contributed by atoms with Crippen LogP contribution in [0.1, 0.15) is 37.8 Å². The second-order valence-electron chi connectivity index (χ2n) is 6.67. The van der Waals surface area contributed by atoms with Gasteiger partial charge in [0.05, 0.1) is 6.54 Å². The molecule has 6 heteroatoms. The molecule has 4 rings (SSSR count). The molecule has 1 fully saturated rings. The topological polar surface area (TPSA) is 73.6 Å². The summed E-state index contributed by atoms with van der Waals surface area (Å²) in [6, 6.07) is 7.52. The van der Waals surface area contributed by atoms with Crippen LogP contribution in [0.3, 0.4) is 0 Å². The largest absolute Gasteiger partial charge is 0.486 e. The van der Waals surface area contributed by atoms with E-state index >= 15 is 0 Å². The van der Waals surface area contributed by atoms with Crippen LogP contribution in [-0.4, -0.2) is 24.3 Å². The second kappa shape index (κ2) is 7.17. The number of hydrogen-bond acceptors (Lipinski definition) is 5. The van der Waals surface area contributed by atoms with E-state index in [1.54, 1.807) is 0 Å². The third-order valence-corrected chi connectivity index (χ3v) is 4.80. The number of ether oxygens (including phenoxy) is 2. The molecule has 1 aromatic heterocycles. The van der Waals surface area contributed by atoms with Crippen molar-refractivity contribution in [2.45, 2.75) is 38.6 Å². The van der Waals surface area contributed by atoms with Crippen molar-refractivity contribution in [3.63, 3.8) is 0 Å². The van der Waals surface area contributed by atoms with Crippen molar-refractivity contribution in [1.29, 1.82) is 0 Å². The quantitative estimate of drug-likeness (QED) is 0.902. The summed E-state index contributed by atoms with van der Waals surface area (Å²) in [5.41, 5.74) is 1.59. The highest BCUT2D eigenvalue weighted by molar-refractivity contribution is 5.76. The van der Waals surface area contributed by atoms with Gasteiger partial charge in [0.25, 0.3) is 0 Å². The summed E-state index contributed by atoms with van der Waals surface area (Å²) in [5, 5.41) is 6.98. The first-order chi connectivity index (χ1) is 12.3. The molecule has 0 saturated heterocycles. The highest BCUT2D eigenvalue weighted by Crippen LogP contribution is 2.34. The first-order valence-electron chi connectivity index (χ1n) is 8.90. The lowest BCUT2D eigenvalue weighted by Crippen LogP contribution is -2.24. The predicted molar refractivity (Wildman–Crippen MR) is 91.4 cm³/mol. The summed E-state index contributed by atoms with van der Waals surface area (Å²) in [6.07, 6.45) is 5.46. The lowest BCUT2D eigenvalue weighted by atomic mass is 10.0. The Morgan fingerprint density at radius 2 is 1.92 bits per heavy atom. The number of rotatable bonds is 5. The van der Waals surface area contributed by atoms with Gasteiger partial charge in [-0.05, 0) is 37.0 Å². The lowest BCUT2D eigenvalue weighted by Gasteiger charge is -2.18. The number of nitrogens with zero attached hydrogens (tertiary/aromatic N) is 1. The minimum Gasteiger partial charge on any atom is -0.486 e. The van der Waals surface area contributed by atoms with E-state index in [9.17, 15) is 4.79 Å². The van der Waals surface area contributed by atoms with Crippen LogP contribution < -0.4 is 14.8 Å². The molecule has 0 atom stereocenters. The monoisotopic (exact) mass is 342 g/mol. The molecular weight excluding hydrogens is 320 g/mol. The molecule has 1 amide bonds. The van der Waals surface area contributed by atoms with Gasteiger partial charge in [-0.1, -0.05) is 18.0 Å². The third kappa shape index (κ3) is 3.78. The van der Waals surface area contributed by atoms with Gasteiger partial charge in [-0.15, -0.1) is 0 Å². The number of amides is 1. The zero-order chi connectivity index (χ0) is 17.1. The van der Waals surface area contributed by atoms with Gasteiger partial charge in [0, 0.05) is 18.1 Å². The Hall–Kier alpha value is -2.50. The Kier molecular flexibility index (Phi) is 4.59. The molecule has 2 aliphatic rings. The maximum absolute atomic E-state index is 12.0. The fraction of sp³-hybridized carbons (Fsp3) is 0.474. The van der Waals surface area contributed by atoms with Gasteiger partial charge in [-0.2, -0.15) is 0 Å². The van der Waals surface area contributed by atoms with Gasteiger partial charge in [-0.25, -0.2) is 0 Å². The third-order valence-electron chi connectivity index (χ3n) is 4.80. The Labute approximate surface area is 146 Å². The van der Waals surface area contributed by atoms with Crippen molar-refractivity contribution in [3.05, 3.63) is 30.0 Å². The maximum Gasteiger partial charge on any atom is 0.220 e. The zero-order valence-corrected chi connectivity index (χ0v) is 14.1. The van der Waals surface area contributed by atoms with Crippen molar-refractivity contribution < 1.29 is 18.8 Å². The highest BCUT2D eigenvalue weighted by atomic mass is 16.6. The van der Waals surface area contributed by atoms with E-state index in [4.69, 9.17) is 14.0 Å². The molecule has 0 radical (unpaired) electrons. The molecule has 0 spiro atoms. The van der Waals surface area contributed by atoms with Gasteiger partial charge in [0.2, 0.25) is 5.91 Å². The average molecular weight is 342 g/mol. The summed E-state index contributed by atoms with van der Waals surface area (Å²) in [6.45, 7) is 1.50. The molecule has 1 aliphatic carbocycles. The summed E-state index contributed by atoms with van der Waals surface area (Å²) in [4.78, 5) is 12.0. The number of nitrogens with one attached hydrogen (secondary N) is 1. The van der Waals surface area contributed by atoms with E-state index in [1.807, 2.05) is 24.3 Å². The van der Waals surface area contributed by atoms with Crippen molar-refractivity contribution >= 4 is 5.91 Å². The van der Waals surface area contributed by atoms with Crippen molar-refractivity contribution in [1.82, 2.24) is 10.5 Å². The normalized spacial score (nSPS) is 16.8. The van der Waals surface area contributed by atoms with Crippen LogP contribution in [0.2, 0.25) is 0 Å². The minimum atomic E-state index is 0.0933. The van der Waals surface area contributed by atoms with Crippen molar-refractivity contribution in [2.75, 3.05) is 13.2 Å². The molecule has 6 nitrogen and oxygen atoms in total. The highest BCUT2D eigenvalue weighted by Gasteiger charge is 2.19. The summed E-state index contributed by atoms with van der Waals surface area (Å²) in [7, 11) is 0. The molecule has 2 heterocycles. The Balaban J connectivity index is 1.36. The van der Waals surface area contributed by atoms with E-state index in [1.165, 1.54) is 25.7 Å². The standard InChI is InChI=1S/C19H22N2O4/c22-19(9-13-3-1-2-4-13)20-12-15-11-17(25-21-15)14-5-6-16-18(10-14)24-8-7-23-16/h5-6,10-11,13H,1-4,7-9,12H2,(H,20,22). The van der Waals surface area contributed by atoms with Crippen molar-refractivity contribution in [2.24, 2.45) is 5.92 Å². The Morgan fingerprint density at radius 3 is 2.76 bits per heavy atom. The van der Waals surface area contributed by atoms with Gasteiger partial charge >= 0.3 is 0 Å². The molecule has 1 aliphatic heterocycles. The van der Waals surface area contributed by atoms with Crippen LogP contribution in [-0.2, 0) is 11.3 Å². The summed E-state index contributed by atoms with van der Waals surface area (Å²) < 4.78 is 16.5. The maximum atomic E-state index is 12.0. The average Bonchev–Trinajstić information content (AvgIpc) is 3.31. The summed E-state index contributed by atoms with van der Waals surface area (Å²) in [5.74, 6) is 2.75. The molecular formula is C19H22N2O4.